The van der Waals surface area contributed by atoms with Gasteiger partial charge in [0.2, 0.25) is 12.3 Å². The van der Waals surface area contributed by atoms with Crippen molar-refractivity contribution in [1.29, 1.82) is 0 Å². The summed E-state index contributed by atoms with van der Waals surface area (Å²) in [6.45, 7) is 5.38. The third-order valence-corrected chi connectivity index (χ3v) is 3.60. The van der Waals surface area contributed by atoms with Gasteiger partial charge in [-0.15, -0.1) is 0 Å². The molecule has 1 unspecified atom stereocenters. The van der Waals surface area contributed by atoms with Crippen molar-refractivity contribution in [2.45, 2.75) is 45.8 Å². The molecule has 1 N–H and O–H groups in total. The second kappa shape index (κ2) is 9.56. The molecule has 25 heavy (non-hydrogen) atoms. The van der Waals surface area contributed by atoms with E-state index in [1.54, 1.807) is 25.1 Å². The summed E-state index contributed by atoms with van der Waals surface area (Å²) in [7, 11) is 1.41. The van der Waals surface area contributed by atoms with Gasteiger partial charge in [0.1, 0.15) is 18.1 Å². The Bertz CT molecular complexity index is 642. The third-order valence-electron chi connectivity index (χ3n) is 3.60. The number of nitrogens with one attached hydrogen (secondary N) is 1. The van der Waals surface area contributed by atoms with E-state index < -0.39 is 17.9 Å². The van der Waals surface area contributed by atoms with Crippen LogP contribution in [0.15, 0.2) is 18.2 Å². The van der Waals surface area contributed by atoms with E-state index in [0.717, 1.165) is 4.90 Å². The number of benzene rings is 1. The highest BCUT2D eigenvalue weighted by atomic mass is 16.5. The van der Waals surface area contributed by atoms with E-state index in [0.29, 0.717) is 24.0 Å². The molecule has 0 aromatic heterocycles. The molecule has 1 rings (SSSR count). The van der Waals surface area contributed by atoms with Crippen LogP contribution >= 0.6 is 0 Å². The molecule has 1 aromatic carbocycles. The number of amides is 3. The Morgan fingerprint density at radius 3 is 2.48 bits per heavy atom. The molecule has 1 aromatic rings. The molecule has 136 valence electrons. The van der Waals surface area contributed by atoms with E-state index >= 15 is 0 Å². The topological polar surface area (TPSA) is 92.8 Å². The van der Waals surface area contributed by atoms with Crippen LogP contribution in [0.2, 0.25) is 0 Å². The zero-order valence-electron chi connectivity index (χ0n) is 14.9. The molecule has 1 atom stereocenters. The van der Waals surface area contributed by atoms with Crippen LogP contribution in [0.4, 0.5) is 0 Å². The predicted molar refractivity (Wildman–Crippen MR) is 92.3 cm³/mol. The van der Waals surface area contributed by atoms with E-state index in [1.807, 2.05) is 13.8 Å². The maximum atomic E-state index is 13.0. The summed E-state index contributed by atoms with van der Waals surface area (Å²) in [4.78, 5) is 48.1. The van der Waals surface area contributed by atoms with Crippen molar-refractivity contribution in [3.05, 3.63) is 29.3 Å². The Kier molecular flexibility index (Phi) is 7.78. The molecule has 0 fully saturated rings. The zero-order chi connectivity index (χ0) is 19.0. The second-order valence-corrected chi connectivity index (χ2v) is 5.81. The van der Waals surface area contributed by atoms with Crippen LogP contribution in [0.1, 0.15) is 42.6 Å². The minimum Gasteiger partial charge on any atom is -0.490 e. The number of aryl methyl sites for hydroxylation is 1. The highest BCUT2D eigenvalue weighted by Crippen LogP contribution is 2.26. The van der Waals surface area contributed by atoms with Gasteiger partial charge in [-0.05, 0) is 38.8 Å². The fraction of sp³-hybridized carbons (Fsp3) is 0.444. The summed E-state index contributed by atoms with van der Waals surface area (Å²) in [5.74, 6) is -0.802. The summed E-state index contributed by atoms with van der Waals surface area (Å²) in [5.41, 5.74) is 0.851. The summed E-state index contributed by atoms with van der Waals surface area (Å²) in [6.07, 6.45) is 0.907. The lowest BCUT2D eigenvalue weighted by atomic mass is 10.0. The molecule has 0 aliphatic rings. The van der Waals surface area contributed by atoms with Gasteiger partial charge < -0.3 is 14.8 Å². The van der Waals surface area contributed by atoms with Gasteiger partial charge in [-0.25, -0.2) is 0 Å². The SMILES string of the molecule is CNC(=O)C(CCC=O)N(C=O)C(=O)c1c(C)cccc1OC(C)C. The maximum absolute atomic E-state index is 13.0. The minimum absolute atomic E-state index is 0.0544. The highest BCUT2D eigenvalue weighted by Gasteiger charge is 2.31. The van der Waals surface area contributed by atoms with Crippen LogP contribution in [0, 0.1) is 6.92 Å². The van der Waals surface area contributed by atoms with Gasteiger partial charge in [-0.1, -0.05) is 12.1 Å². The predicted octanol–water partition coefficient (Wildman–Crippen LogP) is 1.47. The molecule has 0 bridgehead atoms. The van der Waals surface area contributed by atoms with Crippen molar-refractivity contribution >= 4 is 24.5 Å². The molecule has 0 aliphatic heterocycles. The maximum Gasteiger partial charge on any atom is 0.265 e. The summed E-state index contributed by atoms with van der Waals surface area (Å²) < 4.78 is 5.67. The number of likely N-dealkylation sites (N-methyl/N-ethyl adjacent to an activating group) is 1. The van der Waals surface area contributed by atoms with Crippen LogP contribution in [-0.4, -0.2) is 48.6 Å². The molecular weight excluding hydrogens is 324 g/mol. The molecule has 0 aliphatic carbocycles. The van der Waals surface area contributed by atoms with Crippen LogP contribution in [0.25, 0.3) is 0 Å². The van der Waals surface area contributed by atoms with E-state index in [-0.39, 0.29) is 24.5 Å². The zero-order valence-corrected chi connectivity index (χ0v) is 14.9. The Labute approximate surface area is 147 Å². The van der Waals surface area contributed by atoms with Crippen LogP contribution in [0.5, 0.6) is 5.75 Å². The van der Waals surface area contributed by atoms with Gasteiger partial charge in [0, 0.05) is 13.5 Å². The molecule has 7 nitrogen and oxygen atoms in total. The minimum atomic E-state index is -1.06. The van der Waals surface area contributed by atoms with Gasteiger partial charge in [-0.3, -0.25) is 19.3 Å². The number of rotatable bonds is 9. The quantitative estimate of drug-likeness (QED) is 0.682. The van der Waals surface area contributed by atoms with Gasteiger partial charge in [-0.2, -0.15) is 0 Å². The highest BCUT2D eigenvalue weighted by molar-refractivity contribution is 6.05. The molecule has 3 amide bonds. The lowest BCUT2D eigenvalue weighted by Crippen LogP contribution is -2.48. The third kappa shape index (κ3) is 5.14. The second-order valence-electron chi connectivity index (χ2n) is 5.81. The largest absolute Gasteiger partial charge is 0.490 e. The van der Waals surface area contributed by atoms with Crippen molar-refractivity contribution in [3.8, 4) is 5.75 Å². The van der Waals surface area contributed by atoms with Crippen molar-refractivity contribution in [2.75, 3.05) is 7.05 Å². The average Bonchev–Trinajstić information content (AvgIpc) is 2.57. The number of ether oxygens (including phenoxy) is 1. The smallest absolute Gasteiger partial charge is 0.265 e. The number of hydrogen-bond donors (Lipinski definition) is 1. The molecule has 0 spiro atoms. The Hall–Kier alpha value is -2.70. The Morgan fingerprint density at radius 2 is 1.96 bits per heavy atom. The molecule has 0 saturated heterocycles. The lowest BCUT2D eigenvalue weighted by Gasteiger charge is -2.26. The Morgan fingerprint density at radius 1 is 1.28 bits per heavy atom. The lowest BCUT2D eigenvalue weighted by molar-refractivity contribution is -0.131. The first-order chi connectivity index (χ1) is 11.9. The fourth-order valence-corrected chi connectivity index (χ4v) is 2.45. The first kappa shape index (κ1) is 20.3. The number of aldehydes is 1. The van der Waals surface area contributed by atoms with Crippen molar-refractivity contribution in [2.24, 2.45) is 0 Å². The number of nitrogens with zero attached hydrogens (tertiary/aromatic N) is 1. The van der Waals surface area contributed by atoms with Gasteiger partial charge in [0.05, 0.1) is 11.7 Å². The van der Waals surface area contributed by atoms with Crippen molar-refractivity contribution in [3.63, 3.8) is 0 Å². The molecule has 0 radical (unpaired) electrons. The van der Waals surface area contributed by atoms with E-state index in [1.165, 1.54) is 7.05 Å². The van der Waals surface area contributed by atoms with Gasteiger partial charge in [0.15, 0.2) is 0 Å². The van der Waals surface area contributed by atoms with E-state index in [2.05, 4.69) is 5.32 Å². The van der Waals surface area contributed by atoms with Crippen molar-refractivity contribution in [1.82, 2.24) is 10.2 Å². The van der Waals surface area contributed by atoms with Gasteiger partial charge in [0.25, 0.3) is 5.91 Å². The monoisotopic (exact) mass is 348 g/mol. The molecule has 0 saturated carbocycles. The number of carbonyl (C=O) groups is 4. The number of imide groups is 1. The normalized spacial score (nSPS) is 11.6. The van der Waals surface area contributed by atoms with Gasteiger partial charge >= 0.3 is 0 Å². The first-order valence-corrected chi connectivity index (χ1v) is 8.06. The van der Waals surface area contributed by atoms with E-state index in [4.69, 9.17) is 4.74 Å². The molecule has 7 heteroatoms. The van der Waals surface area contributed by atoms with E-state index in [9.17, 15) is 19.2 Å². The van der Waals surface area contributed by atoms with Crippen LogP contribution in [0.3, 0.4) is 0 Å². The summed E-state index contributed by atoms with van der Waals surface area (Å²) >= 11 is 0. The standard InChI is InChI=1S/C18H24N2O5/c1-12(2)25-15-9-5-7-13(3)16(15)18(24)20(11-22)14(8-6-10-21)17(23)19-4/h5,7,9-12,14H,6,8H2,1-4H3,(H,19,23). The number of hydrogen-bond acceptors (Lipinski definition) is 5. The fourth-order valence-electron chi connectivity index (χ4n) is 2.45. The van der Waals surface area contributed by atoms with Crippen molar-refractivity contribution < 1.29 is 23.9 Å². The van der Waals surface area contributed by atoms with Crippen LogP contribution < -0.4 is 10.1 Å². The number of carbonyl (C=O) groups excluding carboxylic acids is 4. The molecular formula is C18H24N2O5. The molecule has 0 heterocycles. The first-order valence-electron chi connectivity index (χ1n) is 8.06. The summed E-state index contributed by atoms with van der Waals surface area (Å²) in [5, 5.41) is 2.42. The average molecular weight is 348 g/mol. The summed E-state index contributed by atoms with van der Waals surface area (Å²) in [6, 6.07) is 4.05. The van der Waals surface area contributed by atoms with Crippen LogP contribution in [-0.2, 0) is 14.4 Å². The Balaban J connectivity index is 3.30.